The van der Waals surface area contributed by atoms with Crippen LogP contribution in [0.5, 0.6) is 0 Å². The maximum Gasteiger partial charge on any atom is 0.363 e. The first-order chi connectivity index (χ1) is 9.61. The third-order valence-electron chi connectivity index (χ3n) is 2.75. The van der Waals surface area contributed by atoms with Crippen LogP contribution < -0.4 is 0 Å². The number of nitrogens with zero attached hydrogens (tertiary/aromatic N) is 1. The fraction of sp³-hybridized carbons (Fsp3) is 0.0667. The Bertz CT molecular complexity index is 726. The van der Waals surface area contributed by atoms with Crippen molar-refractivity contribution in [3.8, 4) is 0 Å². The normalized spacial score (nSPS) is 16.4. The summed E-state index contributed by atoms with van der Waals surface area (Å²) >= 11 is 0. The number of hydrogen-bond acceptors (Lipinski definition) is 4. The number of ether oxygens (including phenoxy) is 1. The Morgan fingerprint density at radius 1 is 1.15 bits per heavy atom. The van der Waals surface area contributed by atoms with E-state index < -0.39 is 5.97 Å². The van der Waals surface area contributed by atoms with E-state index in [4.69, 9.17) is 9.15 Å². The summed E-state index contributed by atoms with van der Waals surface area (Å²) in [6, 6.07) is 9.09. The molecule has 0 atom stereocenters. The number of aryl methyl sites for hydroxylation is 1. The van der Waals surface area contributed by atoms with Crippen molar-refractivity contribution in [1.82, 2.24) is 0 Å². The van der Waals surface area contributed by atoms with Gasteiger partial charge in [-0.3, -0.25) is 0 Å². The molecule has 1 aromatic heterocycles. The van der Waals surface area contributed by atoms with Crippen LogP contribution in [-0.4, -0.2) is 11.9 Å². The Morgan fingerprint density at radius 2 is 1.90 bits per heavy atom. The summed E-state index contributed by atoms with van der Waals surface area (Å²) < 4.78 is 23.3. The second-order valence-corrected chi connectivity index (χ2v) is 4.29. The van der Waals surface area contributed by atoms with Crippen LogP contribution in [-0.2, 0) is 9.53 Å². The molecule has 4 nitrogen and oxygen atoms in total. The molecule has 1 aliphatic rings. The van der Waals surface area contributed by atoms with Gasteiger partial charge in [0, 0.05) is 11.6 Å². The van der Waals surface area contributed by atoms with Crippen LogP contribution in [0.3, 0.4) is 0 Å². The van der Waals surface area contributed by atoms with Gasteiger partial charge < -0.3 is 9.15 Å². The Hall–Kier alpha value is -2.69. The highest BCUT2D eigenvalue weighted by Crippen LogP contribution is 2.20. The minimum Gasteiger partial charge on any atom is -0.462 e. The summed E-state index contributed by atoms with van der Waals surface area (Å²) in [6.07, 6.45) is 1.51. The molecule has 5 heteroatoms. The molecule has 3 rings (SSSR count). The summed E-state index contributed by atoms with van der Waals surface area (Å²) in [6.45, 7) is 1.81. The number of hydrogen-bond donors (Lipinski definition) is 0. The highest BCUT2D eigenvalue weighted by atomic mass is 19.1. The van der Waals surface area contributed by atoms with Crippen molar-refractivity contribution in [1.29, 1.82) is 0 Å². The second kappa shape index (κ2) is 4.77. The minimum absolute atomic E-state index is 0.152. The van der Waals surface area contributed by atoms with Crippen molar-refractivity contribution in [2.24, 2.45) is 4.99 Å². The Kier molecular flexibility index (Phi) is 2.95. The average Bonchev–Trinajstić information content (AvgIpc) is 2.98. The lowest BCUT2D eigenvalue weighted by Gasteiger charge is -1.98. The summed E-state index contributed by atoms with van der Waals surface area (Å²) in [5, 5.41) is 0. The molecule has 0 amide bonds. The molecule has 0 spiro atoms. The molecule has 0 saturated heterocycles. The number of cyclic esters (lactones) is 1. The van der Waals surface area contributed by atoms with Crippen molar-refractivity contribution in [2.75, 3.05) is 0 Å². The van der Waals surface area contributed by atoms with Gasteiger partial charge in [0.2, 0.25) is 5.90 Å². The van der Waals surface area contributed by atoms with Gasteiger partial charge in [-0.1, -0.05) is 0 Å². The zero-order valence-electron chi connectivity index (χ0n) is 10.6. The van der Waals surface area contributed by atoms with Crippen LogP contribution in [0.25, 0.3) is 6.08 Å². The molecule has 0 unspecified atom stereocenters. The third-order valence-corrected chi connectivity index (χ3v) is 2.75. The average molecular weight is 271 g/mol. The first-order valence-corrected chi connectivity index (χ1v) is 5.97. The van der Waals surface area contributed by atoms with Crippen LogP contribution in [0, 0.1) is 12.7 Å². The van der Waals surface area contributed by atoms with E-state index >= 15 is 0 Å². The van der Waals surface area contributed by atoms with Gasteiger partial charge in [-0.25, -0.2) is 14.2 Å². The number of rotatable bonds is 2. The number of carbonyl (C=O) groups is 1. The lowest BCUT2D eigenvalue weighted by atomic mass is 10.2. The van der Waals surface area contributed by atoms with Gasteiger partial charge in [0.05, 0.1) is 0 Å². The monoisotopic (exact) mass is 271 g/mol. The molecule has 0 aliphatic carbocycles. The molecule has 1 aliphatic heterocycles. The van der Waals surface area contributed by atoms with Gasteiger partial charge >= 0.3 is 5.97 Å². The van der Waals surface area contributed by atoms with Crippen molar-refractivity contribution < 1.29 is 18.3 Å². The Balaban J connectivity index is 1.92. The smallest absolute Gasteiger partial charge is 0.363 e. The van der Waals surface area contributed by atoms with Gasteiger partial charge in [0.25, 0.3) is 0 Å². The maximum absolute atomic E-state index is 12.8. The fourth-order valence-corrected chi connectivity index (χ4v) is 1.79. The number of aliphatic imine (C=N–C) groups is 1. The molecule has 100 valence electrons. The molecule has 0 fully saturated rings. The summed E-state index contributed by atoms with van der Waals surface area (Å²) in [5.74, 6) is 0.507. The Labute approximate surface area is 114 Å². The molecule has 0 radical (unpaired) electrons. The van der Waals surface area contributed by atoms with Crippen LogP contribution >= 0.6 is 0 Å². The number of esters is 1. The van der Waals surface area contributed by atoms with Crippen molar-refractivity contribution in [2.45, 2.75) is 6.92 Å². The predicted octanol–water partition coefficient (Wildman–Crippen LogP) is 3.07. The van der Waals surface area contributed by atoms with E-state index in [1.165, 1.54) is 30.3 Å². The lowest BCUT2D eigenvalue weighted by Crippen LogP contribution is -2.05. The minimum atomic E-state index is -0.557. The number of halogens is 1. The second-order valence-electron chi connectivity index (χ2n) is 4.29. The van der Waals surface area contributed by atoms with E-state index in [1.807, 2.05) is 6.92 Å². The van der Waals surface area contributed by atoms with E-state index in [1.54, 1.807) is 12.1 Å². The molecule has 2 aromatic rings. The van der Waals surface area contributed by atoms with Gasteiger partial charge in [-0.05, 0) is 43.3 Å². The van der Waals surface area contributed by atoms with Gasteiger partial charge in [0.1, 0.15) is 17.3 Å². The number of benzene rings is 1. The van der Waals surface area contributed by atoms with E-state index in [0.717, 1.165) is 5.76 Å². The first-order valence-electron chi connectivity index (χ1n) is 5.97. The SMILES string of the molecule is Cc1ccc(/C=C2\N=C(c3ccc(F)cc3)OC2=O)o1. The van der Waals surface area contributed by atoms with E-state index in [0.29, 0.717) is 11.3 Å². The molecule has 2 heterocycles. The molecular formula is C15H10FNO3. The quantitative estimate of drug-likeness (QED) is 0.623. The standard InChI is InChI=1S/C15H10FNO3/c1-9-2-7-12(19-9)8-13-15(18)20-14(17-13)10-3-5-11(16)6-4-10/h2-8H,1H3/b13-8-. The number of furan rings is 1. The summed E-state index contributed by atoms with van der Waals surface area (Å²) in [5.41, 5.74) is 0.692. The van der Waals surface area contributed by atoms with Crippen molar-refractivity contribution >= 4 is 17.9 Å². The van der Waals surface area contributed by atoms with Crippen molar-refractivity contribution in [3.63, 3.8) is 0 Å². The van der Waals surface area contributed by atoms with Crippen LogP contribution in [0.4, 0.5) is 4.39 Å². The first kappa shape index (κ1) is 12.3. The molecule has 0 bridgehead atoms. The maximum atomic E-state index is 12.8. The molecule has 1 aromatic carbocycles. The highest BCUT2D eigenvalue weighted by Gasteiger charge is 2.24. The van der Waals surface area contributed by atoms with Crippen LogP contribution in [0.2, 0.25) is 0 Å². The van der Waals surface area contributed by atoms with E-state index in [-0.39, 0.29) is 17.4 Å². The largest absolute Gasteiger partial charge is 0.462 e. The van der Waals surface area contributed by atoms with Crippen LogP contribution in [0.1, 0.15) is 17.1 Å². The van der Waals surface area contributed by atoms with Crippen LogP contribution in [0.15, 0.2) is 51.5 Å². The zero-order chi connectivity index (χ0) is 14.1. The fourth-order valence-electron chi connectivity index (χ4n) is 1.79. The predicted molar refractivity (Wildman–Crippen MR) is 70.5 cm³/mol. The van der Waals surface area contributed by atoms with E-state index in [9.17, 15) is 9.18 Å². The van der Waals surface area contributed by atoms with Gasteiger partial charge in [0.15, 0.2) is 5.70 Å². The van der Waals surface area contributed by atoms with Crippen molar-refractivity contribution in [3.05, 3.63) is 65.0 Å². The topological polar surface area (TPSA) is 51.8 Å². The molecule has 20 heavy (non-hydrogen) atoms. The van der Waals surface area contributed by atoms with Gasteiger partial charge in [-0.2, -0.15) is 0 Å². The Morgan fingerprint density at radius 3 is 2.55 bits per heavy atom. The molecule has 0 saturated carbocycles. The number of carbonyl (C=O) groups excluding carboxylic acids is 1. The lowest BCUT2D eigenvalue weighted by molar-refractivity contribution is -0.129. The summed E-state index contributed by atoms with van der Waals surface area (Å²) in [7, 11) is 0. The highest BCUT2D eigenvalue weighted by molar-refractivity contribution is 6.12. The van der Waals surface area contributed by atoms with E-state index in [2.05, 4.69) is 4.99 Å². The summed E-state index contributed by atoms with van der Waals surface area (Å²) in [4.78, 5) is 15.8. The molecular weight excluding hydrogens is 261 g/mol. The zero-order valence-corrected chi connectivity index (χ0v) is 10.6. The molecule has 0 N–H and O–H groups in total. The van der Waals surface area contributed by atoms with Gasteiger partial charge in [-0.15, -0.1) is 0 Å². The third kappa shape index (κ3) is 2.38.